The Morgan fingerprint density at radius 1 is 1.03 bits per heavy atom. The maximum absolute atomic E-state index is 11.9. The van der Waals surface area contributed by atoms with E-state index in [9.17, 15) is 4.79 Å². The highest BCUT2D eigenvalue weighted by Crippen LogP contribution is 2.37. The number of benzene rings is 1. The molecule has 0 atom stereocenters. The normalized spacial score (nSPS) is 16.8. The van der Waals surface area contributed by atoms with Gasteiger partial charge in [0, 0.05) is 5.56 Å². The highest BCUT2D eigenvalue weighted by molar-refractivity contribution is 7.14. The lowest BCUT2D eigenvalue weighted by Gasteiger charge is -2.32. The number of carbonyl (C=O) groups is 1. The van der Waals surface area contributed by atoms with Crippen LogP contribution in [0.25, 0.3) is 21.8 Å². The number of rotatable bonds is 5. The predicted molar refractivity (Wildman–Crippen MR) is 124 cm³/mol. The molecule has 0 amide bonds. The minimum Gasteiger partial charge on any atom is -0.496 e. The Balaban J connectivity index is 1.62. The van der Waals surface area contributed by atoms with Crippen molar-refractivity contribution in [1.29, 1.82) is 0 Å². The fraction of sp³-hybridized carbons (Fsp3) is 0.348. The topological polar surface area (TPSA) is 79.8 Å². The summed E-state index contributed by atoms with van der Waals surface area (Å²) in [5.41, 5.74) is 2.72. The van der Waals surface area contributed by atoms with Crippen LogP contribution in [0.15, 0.2) is 42.0 Å². The number of ether oxygens (including phenoxy) is 2. The summed E-state index contributed by atoms with van der Waals surface area (Å²) in [6, 6.07) is 7.24. The first kappa shape index (κ1) is 22.4. The Kier molecular flexibility index (Phi) is 5.83. The molecular weight excluding hydrogens is 427 g/mol. The molecule has 3 heterocycles. The third kappa shape index (κ3) is 4.03. The second-order valence-corrected chi connectivity index (χ2v) is 9.44. The summed E-state index contributed by atoms with van der Waals surface area (Å²) in [6.45, 7) is 8.15. The van der Waals surface area contributed by atoms with E-state index in [0.717, 1.165) is 21.6 Å². The van der Waals surface area contributed by atoms with Gasteiger partial charge in [-0.25, -0.2) is 9.78 Å². The predicted octanol–water partition coefficient (Wildman–Crippen LogP) is 3.97. The van der Waals surface area contributed by atoms with Crippen molar-refractivity contribution in [1.82, 2.24) is 9.97 Å². The molecule has 1 fully saturated rings. The van der Waals surface area contributed by atoms with E-state index in [-0.39, 0.29) is 0 Å². The van der Waals surface area contributed by atoms with E-state index in [1.807, 2.05) is 39.1 Å². The fourth-order valence-electron chi connectivity index (χ4n) is 3.34. The first-order valence-electron chi connectivity index (χ1n) is 10.2. The highest BCUT2D eigenvalue weighted by atomic mass is 32.1. The van der Waals surface area contributed by atoms with E-state index < -0.39 is 24.3 Å². The molecule has 2 aromatic heterocycles. The third-order valence-electron chi connectivity index (χ3n) is 5.93. The number of esters is 1. The fourth-order valence-corrected chi connectivity index (χ4v) is 4.21. The zero-order valence-electron chi connectivity index (χ0n) is 19.0. The molecule has 0 aliphatic carbocycles. The van der Waals surface area contributed by atoms with Gasteiger partial charge in [0.2, 0.25) is 0 Å². The Bertz CT molecular complexity index is 1140. The van der Waals surface area contributed by atoms with E-state index in [1.54, 1.807) is 41.9 Å². The van der Waals surface area contributed by atoms with Gasteiger partial charge in [0.25, 0.3) is 0 Å². The molecule has 166 valence electrons. The Labute approximate surface area is 191 Å². The van der Waals surface area contributed by atoms with E-state index >= 15 is 0 Å². The summed E-state index contributed by atoms with van der Waals surface area (Å²) in [7, 11) is 2.43. The van der Waals surface area contributed by atoms with Crippen molar-refractivity contribution in [3.05, 3.63) is 47.6 Å². The Morgan fingerprint density at radius 2 is 1.72 bits per heavy atom. The maximum atomic E-state index is 11.9. The van der Waals surface area contributed by atoms with Crippen molar-refractivity contribution in [2.75, 3.05) is 14.2 Å². The van der Waals surface area contributed by atoms with Crippen molar-refractivity contribution in [3.8, 4) is 27.6 Å². The van der Waals surface area contributed by atoms with Crippen LogP contribution in [-0.4, -0.2) is 48.5 Å². The maximum Gasteiger partial charge on any atom is 0.495 e. The van der Waals surface area contributed by atoms with Crippen molar-refractivity contribution in [2.24, 2.45) is 0 Å². The molecule has 0 unspecified atom stereocenters. The summed E-state index contributed by atoms with van der Waals surface area (Å²) in [6.07, 6.45) is 3.41. The lowest BCUT2D eigenvalue weighted by atomic mass is 9.81. The Morgan fingerprint density at radius 3 is 2.38 bits per heavy atom. The summed E-state index contributed by atoms with van der Waals surface area (Å²) in [4.78, 5) is 22.0. The molecule has 0 saturated carbocycles. The summed E-state index contributed by atoms with van der Waals surface area (Å²) in [5, 5.41) is 2.03. The van der Waals surface area contributed by atoms with Crippen LogP contribution in [0.2, 0.25) is 0 Å². The number of hydrogen-bond acceptors (Lipinski definition) is 8. The number of hydrogen-bond donors (Lipinski definition) is 0. The van der Waals surface area contributed by atoms with E-state index in [0.29, 0.717) is 17.0 Å². The summed E-state index contributed by atoms with van der Waals surface area (Å²) >= 11 is 1.56. The van der Waals surface area contributed by atoms with Gasteiger partial charge in [-0.15, -0.1) is 11.3 Å². The molecule has 0 bridgehead atoms. The largest absolute Gasteiger partial charge is 0.496 e. The van der Waals surface area contributed by atoms with Gasteiger partial charge in [-0.05, 0) is 56.7 Å². The van der Waals surface area contributed by atoms with Gasteiger partial charge in [-0.2, -0.15) is 0 Å². The van der Waals surface area contributed by atoms with Crippen LogP contribution < -0.4 is 10.2 Å². The molecule has 1 aliphatic heterocycles. The van der Waals surface area contributed by atoms with E-state index in [2.05, 4.69) is 4.98 Å². The average molecular weight is 452 g/mol. The Hall–Kier alpha value is -2.75. The molecular formula is C23H25BN2O5S. The van der Waals surface area contributed by atoms with Crippen LogP contribution in [0, 0.1) is 0 Å². The molecule has 9 heteroatoms. The zero-order chi connectivity index (χ0) is 23.1. The summed E-state index contributed by atoms with van der Waals surface area (Å²) in [5.74, 6) is -0.0391. The van der Waals surface area contributed by atoms with Crippen LogP contribution in [0.3, 0.4) is 0 Å². The molecule has 1 aliphatic rings. The van der Waals surface area contributed by atoms with Crippen LogP contribution in [0.4, 0.5) is 0 Å². The smallest absolute Gasteiger partial charge is 0.495 e. The lowest BCUT2D eigenvalue weighted by molar-refractivity contribution is 0.00578. The van der Waals surface area contributed by atoms with Crippen LogP contribution in [-0.2, 0) is 14.0 Å². The minimum atomic E-state index is -0.456. The molecule has 0 N–H and O–H groups in total. The summed E-state index contributed by atoms with van der Waals surface area (Å²) < 4.78 is 22.5. The molecule has 7 nitrogen and oxygen atoms in total. The van der Waals surface area contributed by atoms with Gasteiger partial charge in [0.15, 0.2) is 0 Å². The van der Waals surface area contributed by atoms with Crippen molar-refractivity contribution < 1.29 is 23.6 Å². The molecule has 32 heavy (non-hydrogen) atoms. The highest BCUT2D eigenvalue weighted by Gasteiger charge is 2.51. The van der Waals surface area contributed by atoms with Crippen molar-refractivity contribution >= 4 is 29.9 Å². The van der Waals surface area contributed by atoms with Crippen LogP contribution in [0.1, 0.15) is 38.1 Å². The van der Waals surface area contributed by atoms with Crippen LogP contribution >= 0.6 is 11.3 Å². The van der Waals surface area contributed by atoms with Gasteiger partial charge in [0.05, 0.1) is 54.1 Å². The van der Waals surface area contributed by atoms with Crippen molar-refractivity contribution in [2.45, 2.75) is 38.9 Å². The average Bonchev–Trinajstić information content (AvgIpc) is 3.35. The van der Waals surface area contributed by atoms with Gasteiger partial charge in [-0.3, -0.25) is 4.98 Å². The second-order valence-electron chi connectivity index (χ2n) is 8.53. The molecule has 1 saturated heterocycles. The minimum absolute atomic E-state index is 0.355. The molecule has 4 rings (SSSR count). The SMILES string of the molecule is COC(=O)c1ccc(-c2cncc(-c3cc(B4OC(C)(C)C(C)(C)O4)cs3)n2)cc1OC. The zero-order valence-corrected chi connectivity index (χ0v) is 19.8. The number of methoxy groups -OCH3 is 2. The third-order valence-corrected chi connectivity index (χ3v) is 6.91. The van der Waals surface area contributed by atoms with Crippen molar-refractivity contribution in [3.63, 3.8) is 0 Å². The molecule has 0 radical (unpaired) electrons. The molecule has 3 aromatic rings. The monoisotopic (exact) mass is 452 g/mol. The quantitative estimate of drug-likeness (QED) is 0.428. The first-order valence-corrected chi connectivity index (χ1v) is 11.1. The number of thiophene rings is 1. The standard InChI is InChI=1S/C23H25BN2O5S/c1-22(2)23(3,4)31-24(30-22)15-10-20(32-13-15)18-12-25-11-17(26-18)14-7-8-16(21(27)29-6)19(9-14)28-5/h7-13H,1-6H3. The second kappa shape index (κ2) is 8.31. The lowest BCUT2D eigenvalue weighted by Crippen LogP contribution is -2.41. The number of carbonyl (C=O) groups excluding carboxylic acids is 1. The van der Waals surface area contributed by atoms with Gasteiger partial charge < -0.3 is 18.8 Å². The van der Waals surface area contributed by atoms with E-state index in [1.165, 1.54) is 14.2 Å². The number of aromatic nitrogens is 2. The van der Waals surface area contributed by atoms with Gasteiger partial charge in [-0.1, -0.05) is 6.07 Å². The molecule has 0 spiro atoms. The number of nitrogens with zero attached hydrogens (tertiary/aromatic N) is 2. The molecule has 1 aromatic carbocycles. The van der Waals surface area contributed by atoms with Gasteiger partial charge in [0.1, 0.15) is 11.3 Å². The van der Waals surface area contributed by atoms with Gasteiger partial charge >= 0.3 is 13.1 Å². The van der Waals surface area contributed by atoms with E-state index in [4.69, 9.17) is 23.8 Å². The van der Waals surface area contributed by atoms with Crippen LogP contribution in [0.5, 0.6) is 5.75 Å². The first-order chi connectivity index (χ1) is 15.1.